The number of hydrogen-bond donors (Lipinski definition) is 2. The number of fused-ring (bicyclic) bond motifs is 1. The van der Waals surface area contributed by atoms with E-state index in [9.17, 15) is 4.79 Å². The fraction of sp³-hybridized carbons (Fsp3) is 0.533. The first-order chi connectivity index (χ1) is 9.29. The van der Waals surface area contributed by atoms with Crippen molar-refractivity contribution in [2.24, 2.45) is 0 Å². The van der Waals surface area contributed by atoms with E-state index in [4.69, 9.17) is 4.74 Å². The summed E-state index contributed by atoms with van der Waals surface area (Å²) in [6.07, 6.45) is 4.37. The Balaban J connectivity index is 1.81. The van der Waals surface area contributed by atoms with Crippen molar-refractivity contribution in [2.45, 2.75) is 32.6 Å². The first-order valence-corrected chi connectivity index (χ1v) is 7.06. The molecule has 4 heteroatoms. The third-order valence-electron chi connectivity index (χ3n) is 3.24. The minimum absolute atomic E-state index is 0.0564. The second-order valence-electron chi connectivity index (χ2n) is 4.84. The molecule has 1 heterocycles. The number of rotatable bonds is 6. The molecular weight excluding hydrogens is 240 g/mol. The van der Waals surface area contributed by atoms with Gasteiger partial charge in [0.1, 0.15) is 5.75 Å². The number of ether oxygens (including phenoxy) is 1. The maximum atomic E-state index is 11.5. The Morgan fingerprint density at radius 3 is 3.21 bits per heavy atom. The molecule has 0 unspecified atom stereocenters. The van der Waals surface area contributed by atoms with Crippen molar-refractivity contribution in [3.05, 3.63) is 23.8 Å². The molecule has 0 fully saturated rings. The average molecular weight is 262 g/mol. The highest BCUT2D eigenvalue weighted by Crippen LogP contribution is 2.26. The lowest BCUT2D eigenvalue weighted by molar-refractivity contribution is -0.123. The lowest BCUT2D eigenvalue weighted by atomic mass is 10.0. The Labute approximate surface area is 114 Å². The van der Waals surface area contributed by atoms with Crippen molar-refractivity contribution < 1.29 is 9.53 Å². The van der Waals surface area contributed by atoms with E-state index in [1.807, 2.05) is 12.1 Å². The highest BCUT2D eigenvalue weighted by Gasteiger charge is 2.09. The Kier molecular flexibility index (Phi) is 5.07. The molecule has 1 aliphatic rings. The van der Waals surface area contributed by atoms with Gasteiger partial charge < -0.3 is 15.4 Å². The lowest BCUT2D eigenvalue weighted by Gasteiger charge is -2.18. The summed E-state index contributed by atoms with van der Waals surface area (Å²) in [7, 11) is 0. The average Bonchev–Trinajstić information content (AvgIpc) is 2.45. The number of carbonyl (C=O) groups excluding carboxylic acids is 1. The summed E-state index contributed by atoms with van der Waals surface area (Å²) >= 11 is 0. The van der Waals surface area contributed by atoms with E-state index < -0.39 is 0 Å². The SMILES string of the molecule is CCCCNC(=O)COc1ccc2c(c1)NCCC2. The van der Waals surface area contributed by atoms with Gasteiger partial charge in [0.25, 0.3) is 5.91 Å². The number of amides is 1. The van der Waals surface area contributed by atoms with Gasteiger partial charge in [-0.15, -0.1) is 0 Å². The zero-order valence-corrected chi connectivity index (χ0v) is 11.5. The molecule has 1 aromatic carbocycles. The largest absolute Gasteiger partial charge is 0.484 e. The molecule has 0 saturated carbocycles. The molecule has 1 aliphatic heterocycles. The van der Waals surface area contributed by atoms with Crippen LogP contribution in [0.3, 0.4) is 0 Å². The van der Waals surface area contributed by atoms with Crippen LogP contribution in [0.1, 0.15) is 31.7 Å². The molecule has 0 bridgehead atoms. The molecule has 4 nitrogen and oxygen atoms in total. The molecule has 0 aromatic heterocycles. The maximum Gasteiger partial charge on any atom is 0.257 e. The molecule has 104 valence electrons. The van der Waals surface area contributed by atoms with Crippen LogP contribution in [-0.4, -0.2) is 25.6 Å². The van der Waals surface area contributed by atoms with Gasteiger partial charge in [0, 0.05) is 24.8 Å². The van der Waals surface area contributed by atoms with Crippen LogP contribution in [0.25, 0.3) is 0 Å². The second-order valence-corrected chi connectivity index (χ2v) is 4.84. The third kappa shape index (κ3) is 4.16. The fourth-order valence-corrected chi connectivity index (χ4v) is 2.13. The van der Waals surface area contributed by atoms with E-state index >= 15 is 0 Å². The van der Waals surface area contributed by atoms with Crippen LogP contribution in [0, 0.1) is 0 Å². The van der Waals surface area contributed by atoms with Crippen molar-refractivity contribution in [3.8, 4) is 5.75 Å². The Bertz CT molecular complexity index is 432. The van der Waals surface area contributed by atoms with Crippen molar-refractivity contribution in [1.29, 1.82) is 0 Å². The molecule has 1 amide bonds. The van der Waals surface area contributed by atoms with Crippen LogP contribution in [0.4, 0.5) is 5.69 Å². The van der Waals surface area contributed by atoms with E-state index in [0.29, 0.717) is 0 Å². The standard InChI is InChI=1S/C15H22N2O2/c1-2-3-8-17-15(18)11-19-13-7-6-12-5-4-9-16-14(12)10-13/h6-7,10,16H,2-5,8-9,11H2,1H3,(H,17,18). The maximum absolute atomic E-state index is 11.5. The van der Waals surface area contributed by atoms with E-state index in [1.165, 1.54) is 12.0 Å². The minimum Gasteiger partial charge on any atom is -0.484 e. The van der Waals surface area contributed by atoms with E-state index in [-0.39, 0.29) is 12.5 Å². The van der Waals surface area contributed by atoms with E-state index in [1.54, 1.807) is 0 Å². The molecule has 0 atom stereocenters. The summed E-state index contributed by atoms with van der Waals surface area (Å²) in [6.45, 7) is 3.92. The Hall–Kier alpha value is -1.71. The summed E-state index contributed by atoms with van der Waals surface area (Å²) in [5, 5.41) is 6.19. The zero-order valence-electron chi connectivity index (χ0n) is 11.5. The molecular formula is C15H22N2O2. The molecule has 0 saturated heterocycles. The van der Waals surface area contributed by atoms with Gasteiger partial charge in [0.2, 0.25) is 0 Å². The van der Waals surface area contributed by atoms with Gasteiger partial charge in [-0.2, -0.15) is 0 Å². The van der Waals surface area contributed by atoms with Gasteiger partial charge in [0.15, 0.2) is 6.61 Å². The zero-order chi connectivity index (χ0) is 13.5. The topological polar surface area (TPSA) is 50.4 Å². The van der Waals surface area contributed by atoms with Crippen molar-refractivity contribution in [2.75, 3.05) is 25.0 Å². The number of nitrogens with one attached hydrogen (secondary N) is 2. The minimum atomic E-state index is -0.0564. The van der Waals surface area contributed by atoms with Gasteiger partial charge in [-0.1, -0.05) is 19.4 Å². The molecule has 0 radical (unpaired) electrons. The molecule has 0 spiro atoms. The lowest BCUT2D eigenvalue weighted by Crippen LogP contribution is -2.29. The van der Waals surface area contributed by atoms with E-state index in [0.717, 1.165) is 43.8 Å². The van der Waals surface area contributed by atoms with Crippen molar-refractivity contribution in [3.63, 3.8) is 0 Å². The van der Waals surface area contributed by atoms with Gasteiger partial charge in [0.05, 0.1) is 0 Å². The first-order valence-electron chi connectivity index (χ1n) is 7.06. The van der Waals surface area contributed by atoms with E-state index in [2.05, 4.69) is 23.6 Å². The normalized spacial score (nSPS) is 13.3. The fourth-order valence-electron chi connectivity index (χ4n) is 2.13. The number of unbranched alkanes of at least 4 members (excludes halogenated alkanes) is 1. The number of hydrogen-bond acceptors (Lipinski definition) is 3. The predicted molar refractivity (Wildman–Crippen MR) is 76.7 cm³/mol. The van der Waals surface area contributed by atoms with Gasteiger partial charge in [-0.05, 0) is 30.9 Å². The number of carbonyl (C=O) groups is 1. The smallest absolute Gasteiger partial charge is 0.257 e. The summed E-state index contributed by atoms with van der Waals surface area (Å²) in [6, 6.07) is 5.99. The van der Waals surface area contributed by atoms with Crippen LogP contribution < -0.4 is 15.4 Å². The quantitative estimate of drug-likeness (QED) is 0.774. The van der Waals surface area contributed by atoms with Crippen LogP contribution in [-0.2, 0) is 11.2 Å². The Morgan fingerprint density at radius 1 is 1.47 bits per heavy atom. The molecule has 2 rings (SSSR count). The van der Waals surface area contributed by atoms with Crippen LogP contribution in [0.2, 0.25) is 0 Å². The second kappa shape index (κ2) is 7.02. The number of benzene rings is 1. The molecule has 0 aliphatic carbocycles. The Morgan fingerprint density at radius 2 is 2.37 bits per heavy atom. The van der Waals surface area contributed by atoms with Gasteiger partial charge in [-0.3, -0.25) is 4.79 Å². The highest BCUT2D eigenvalue weighted by atomic mass is 16.5. The van der Waals surface area contributed by atoms with Crippen LogP contribution in [0.15, 0.2) is 18.2 Å². The summed E-state index contributed by atoms with van der Waals surface area (Å²) in [5.74, 6) is 0.693. The third-order valence-corrected chi connectivity index (χ3v) is 3.24. The van der Waals surface area contributed by atoms with Crippen molar-refractivity contribution in [1.82, 2.24) is 5.32 Å². The highest BCUT2D eigenvalue weighted by molar-refractivity contribution is 5.77. The van der Waals surface area contributed by atoms with Gasteiger partial charge in [-0.25, -0.2) is 0 Å². The summed E-state index contributed by atoms with van der Waals surface area (Å²) < 4.78 is 5.51. The first kappa shape index (κ1) is 13.7. The monoisotopic (exact) mass is 262 g/mol. The predicted octanol–water partition coefficient (Wildman–Crippen LogP) is 2.34. The summed E-state index contributed by atoms with van der Waals surface area (Å²) in [4.78, 5) is 11.5. The summed E-state index contributed by atoms with van der Waals surface area (Å²) in [5.41, 5.74) is 2.46. The van der Waals surface area contributed by atoms with Crippen LogP contribution in [0.5, 0.6) is 5.75 Å². The van der Waals surface area contributed by atoms with Gasteiger partial charge >= 0.3 is 0 Å². The van der Waals surface area contributed by atoms with Crippen molar-refractivity contribution >= 4 is 11.6 Å². The number of anilines is 1. The molecule has 2 N–H and O–H groups in total. The number of aryl methyl sites for hydroxylation is 1. The molecule has 19 heavy (non-hydrogen) atoms. The van der Waals surface area contributed by atoms with Crippen LogP contribution >= 0.6 is 0 Å². The molecule has 1 aromatic rings.